The molecule has 1 saturated heterocycles. The molecule has 1 aliphatic heterocycles. The second-order valence-corrected chi connectivity index (χ2v) is 6.81. The molecule has 0 bridgehead atoms. The van der Waals surface area contributed by atoms with Gasteiger partial charge < -0.3 is 15.1 Å². The van der Waals surface area contributed by atoms with Crippen LogP contribution in [0.2, 0.25) is 0 Å². The lowest BCUT2D eigenvalue weighted by atomic mass is 10.1. The van der Waals surface area contributed by atoms with Gasteiger partial charge in [-0.15, -0.1) is 24.0 Å². The zero-order chi connectivity index (χ0) is 21.9. The van der Waals surface area contributed by atoms with Crippen LogP contribution in [0.25, 0.3) is 0 Å². The molecule has 2 heterocycles. The number of alkyl halides is 3. The number of nitrogens with zero attached hydrogens (tertiary/aromatic N) is 5. The maximum absolute atomic E-state index is 13.3. The molecule has 1 amide bonds. The predicted molar refractivity (Wildman–Crippen MR) is 119 cm³/mol. The summed E-state index contributed by atoms with van der Waals surface area (Å²) in [6, 6.07) is 2.52. The molecule has 1 aromatic carbocycles. The van der Waals surface area contributed by atoms with Crippen LogP contribution in [0.15, 0.2) is 35.6 Å². The number of hydrogen-bond acceptors (Lipinski definition) is 3. The van der Waals surface area contributed by atoms with Crippen LogP contribution in [0.4, 0.5) is 23.2 Å². The molecule has 2 aromatic rings. The number of hydrogen-bond donors (Lipinski definition) is 1. The molecule has 170 valence electrons. The summed E-state index contributed by atoms with van der Waals surface area (Å²) in [6.07, 6.45) is -1.35. The first-order chi connectivity index (χ1) is 14.2. The van der Waals surface area contributed by atoms with Crippen molar-refractivity contribution in [2.45, 2.75) is 19.6 Å². The molecule has 3 rings (SSSR count). The van der Waals surface area contributed by atoms with Gasteiger partial charge in [-0.2, -0.15) is 18.3 Å². The summed E-state index contributed by atoms with van der Waals surface area (Å²) in [5.41, 5.74) is -0.510. The van der Waals surface area contributed by atoms with Gasteiger partial charge in [0.2, 0.25) is 5.91 Å². The lowest BCUT2D eigenvalue weighted by Crippen LogP contribution is -2.55. The number of aliphatic imine (C=N–C) groups is 1. The Labute approximate surface area is 194 Å². The molecule has 1 aliphatic rings. The Kier molecular flexibility index (Phi) is 8.26. The topological polar surface area (TPSA) is 65.8 Å². The van der Waals surface area contributed by atoms with Crippen LogP contribution in [-0.4, -0.2) is 52.7 Å². The van der Waals surface area contributed by atoms with E-state index in [-0.39, 0.29) is 48.5 Å². The standard InChI is InChI=1S/C19H22F4N6O.HI/c1-3-24-18(25-9-13-4-5-14(20)8-16(13)19(21,22)23)28-6-7-29(17(30)12-28)15-10-26-27(2)11-15;/h4-5,8,10-11H,3,6-7,9,12H2,1-2H3,(H,24,25);1H. The molecule has 7 nitrogen and oxygen atoms in total. The van der Waals surface area contributed by atoms with E-state index < -0.39 is 17.6 Å². The maximum Gasteiger partial charge on any atom is 0.416 e. The van der Waals surface area contributed by atoms with E-state index in [9.17, 15) is 22.4 Å². The average Bonchev–Trinajstić information content (AvgIpc) is 3.11. The van der Waals surface area contributed by atoms with Crippen molar-refractivity contribution in [2.24, 2.45) is 12.0 Å². The van der Waals surface area contributed by atoms with Gasteiger partial charge in [-0.1, -0.05) is 6.07 Å². The van der Waals surface area contributed by atoms with Crippen molar-refractivity contribution < 1.29 is 22.4 Å². The highest BCUT2D eigenvalue weighted by molar-refractivity contribution is 14.0. The van der Waals surface area contributed by atoms with Crippen LogP contribution < -0.4 is 10.2 Å². The number of aromatic nitrogens is 2. The van der Waals surface area contributed by atoms with E-state index in [4.69, 9.17) is 0 Å². The average molecular weight is 554 g/mol. The molecule has 31 heavy (non-hydrogen) atoms. The Hall–Kier alpha value is -2.38. The molecule has 0 unspecified atom stereocenters. The third-order valence-electron chi connectivity index (χ3n) is 4.63. The SMILES string of the molecule is CCNC(=NCc1ccc(F)cc1C(F)(F)F)N1CCN(c2cnn(C)c2)C(=O)C1.I. The second kappa shape index (κ2) is 10.3. The van der Waals surface area contributed by atoms with Crippen LogP contribution in [0.1, 0.15) is 18.1 Å². The van der Waals surface area contributed by atoms with Gasteiger partial charge in [-0.3, -0.25) is 9.48 Å². The fraction of sp³-hybridized carbons (Fsp3) is 0.421. The van der Waals surface area contributed by atoms with Crippen molar-refractivity contribution in [2.75, 3.05) is 31.1 Å². The molecule has 0 radical (unpaired) electrons. The number of nitrogens with one attached hydrogen (secondary N) is 1. The Morgan fingerprint density at radius 1 is 1.29 bits per heavy atom. The van der Waals surface area contributed by atoms with Gasteiger partial charge in [0.15, 0.2) is 5.96 Å². The third kappa shape index (κ3) is 6.08. The molecule has 1 aromatic heterocycles. The Bertz CT molecular complexity index is 946. The monoisotopic (exact) mass is 554 g/mol. The largest absolute Gasteiger partial charge is 0.416 e. The number of carbonyl (C=O) groups is 1. The lowest BCUT2D eigenvalue weighted by molar-refractivity contribution is -0.138. The molecular formula is C19H23F4IN6O. The number of carbonyl (C=O) groups excluding carboxylic acids is 1. The summed E-state index contributed by atoms with van der Waals surface area (Å²) in [4.78, 5) is 20.2. The number of halogens is 5. The van der Waals surface area contributed by atoms with Crippen LogP contribution in [0, 0.1) is 5.82 Å². The van der Waals surface area contributed by atoms with Crippen LogP contribution in [0.5, 0.6) is 0 Å². The smallest absolute Gasteiger partial charge is 0.356 e. The number of rotatable bonds is 4. The van der Waals surface area contributed by atoms with Crippen molar-refractivity contribution in [3.63, 3.8) is 0 Å². The predicted octanol–water partition coefficient (Wildman–Crippen LogP) is 3.01. The number of guanidine groups is 1. The van der Waals surface area contributed by atoms with Crippen LogP contribution >= 0.6 is 24.0 Å². The summed E-state index contributed by atoms with van der Waals surface area (Å²) in [7, 11) is 1.75. The minimum atomic E-state index is -4.68. The summed E-state index contributed by atoms with van der Waals surface area (Å²) < 4.78 is 54.5. The van der Waals surface area contributed by atoms with Gasteiger partial charge in [0.05, 0.1) is 24.0 Å². The minimum Gasteiger partial charge on any atom is -0.356 e. The molecule has 0 atom stereocenters. The summed E-state index contributed by atoms with van der Waals surface area (Å²) in [6.45, 7) is 2.86. The first kappa shape index (κ1) is 24.9. The molecule has 0 saturated carbocycles. The fourth-order valence-electron chi connectivity index (χ4n) is 3.21. The van der Waals surface area contributed by atoms with Gasteiger partial charge in [-0.25, -0.2) is 9.38 Å². The number of anilines is 1. The van der Waals surface area contributed by atoms with E-state index in [1.807, 2.05) is 6.92 Å². The molecule has 0 aliphatic carbocycles. The quantitative estimate of drug-likeness (QED) is 0.273. The first-order valence-electron chi connectivity index (χ1n) is 9.37. The highest BCUT2D eigenvalue weighted by Crippen LogP contribution is 2.33. The van der Waals surface area contributed by atoms with E-state index in [1.165, 1.54) is 0 Å². The number of benzene rings is 1. The Morgan fingerprint density at radius 2 is 2.03 bits per heavy atom. The maximum atomic E-state index is 13.3. The number of piperazine rings is 1. The van der Waals surface area contributed by atoms with E-state index in [2.05, 4.69) is 15.4 Å². The third-order valence-corrected chi connectivity index (χ3v) is 4.63. The zero-order valence-corrected chi connectivity index (χ0v) is 19.3. The number of amides is 1. The van der Waals surface area contributed by atoms with Gasteiger partial charge >= 0.3 is 6.18 Å². The summed E-state index contributed by atoms with van der Waals surface area (Å²) >= 11 is 0. The Balaban J connectivity index is 0.00000341. The fourth-order valence-corrected chi connectivity index (χ4v) is 3.21. The van der Waals surface area contributed by atoms with E-state index in [1.54, 1.807) is 33.9 Å². The Morgan fingerprint density at radius 3 is 2.61 bits per heavy atom. The minimum absolute atomic E-state index is 0. The van der Waals surface area contributed by atoms with Crippen molar-refractivity contribution >= 4 is 41.5 Å². The molecular weight excluding hydrogens is 531 g/mol. The molecule has 0 spiro atoms. The van der Waals surface area contributed by atoms with E-state index >= 15 is 0 Å². The lowest BCUT2D eigenvalue weighted by Gasteiger charge is -2.35. The van der Waals surface area contributed by atoms with Crippen molar-refractivity contribution in [1.29, 1.82) is 0 Å². The highest BCUT2D eigenvalue weighted by atomic mass is 127. The van der Waals surface area contributed by atoms with E-state index in [0.29, 0.717) is 37.3 Å². The second-order valence-electron chi connectivity index (χ2n) is 6.81. The zero-order valence-electron chi connectivity index (χ0n) is 17.0. The van der Waals surface area contributed by atoms with Gasteiger partial charge in [0, 0.05) is 32.9 Å². The van der Waals surface area contributed by atoms with Crippen molar-refractivity contribution in [1.82, 2.24) is 20.0 Å². The highest BCUT2D eigenvalue weighted by Gasteiger charge is 2.34. The normalized spacial score (nSPS) is 15.2. The molecule has 1 fully saturated rings. The van der Waals surface area contributed by atoms with Gasteiger partial charge in [0.25, 0.3) is 0 Å². The summed E-state index contributed by atoms with van der Waals surface area (Å²) in [5, 5.41) is 7.07. The van der Waals surface area contributed by atoms with Gasteiger partial charge in [0.1, 0.15) is 12.4 Å². The van der Waals surface area contributed by atoms with Gasteiger partial charge in [-0.05, 0) is 24.6 Å². The molecule has 12 heteroatoms. The van der Waals surface area contributed by atoms with Crippen LogP contribution in [0.3, 0.4) is 0 Å². The van der Waals surface area contributed by atoms with E-state index in [0.717, 1.165) is 12.1 Å². The van der Waals surface area contributed by atoms with Crippen molar-refractivity contribution in [3.05, 3.63) is 47.5 Å². The van der Waals surface area contributed by atoms with Crippen LogP contribution in [-0.2, 0) is 24.6 Å². The van der Waals surface area contributed by atoms with Crippen molar-refractivity contribution in [3.8, 4) is 0 Å². The summed E-state index contributed by atoms with van der Waals surface area (Å²) in [5.74, 6) is -0.800. The first-order valence-corrected chi connectivity index (χ1v) is 9.37. The number of aryl methyl sites for hydroxylation is 1. The molecule has 1 N–H and O–H groups in total.